The Hall–Kier alpha value is -3.68. The van der Waals surface area contributed by atoms with Gasteiger partial charge in [-0.3, -0.25) is 9.67 Å². The van der Waals surface area contributed by atoms with E-state index < -0.39 is 29.1 Å². The van der Waals surface area contributed by atoms with Crippen molar-refractivity contribution in [3.63, 3.8) is 0 Å². The predicted octanol–water partition coefficient (Wildman–Crippen LogP) is 4.55. The highest BCUT2D eigenvalue weighted by Crippen LogP contribution is 2.46. The maximum atomic E-state index is 15.5. The minimum absolute atomic E-state index is 0.00705. The Morgan fingerprint density at radius 1 is 1.23 bits per heavy atom. The van der Waals surface area contributed by atoms with Gasteiger partial charge in [-0.25, -0.2) is 9.37 Å². The van der Waals surface area contributed by atoms with Crippen molar-refractivity contribution in [1.82, 2.24) is 19.7 Å². The van der Waals surface area contributed by atoms with Gasteiger partial charge in [-0.1, -0.05) is 12.5 Å². The molecule has 0 atom stereocenters. The molecule has 4 rings (SSSR count). The van der Waals surface area contributed by atoms with Crippen LogP contribution in [-0.2, 0) is 13.2 Å². The van der Waals surface area contributed by atoms with Gasteiger partial charge in [0.25, 0.3) is 5.88 Å². The predicted molar refractivity (Wildman–Crippen MR) is 101 cm³/mol. The number of anilines is 1. The summed E-state index contributed by atoms with van der Waals surface area (Å²) in [5.74, 6) is -1.57. The van der Waals surface area contributed by atoms with Gasteiger partial charge in [-0.05, 0) is 24.8 Å². The van der Waals surface area contributed by atoms with Gasteiger partial charge in [0.1, 0.15) is 17.5 Å². The number of halogens is 4. The fraction of sp³-hybridized carbons (Fsp3) is 0.300. The van der Waals surface area contributed by atoms with Crippen molar-refractivity contribution in [3.8, 4) is 29.0 Å². The van der Waals surface area contributed by atoms with Crippen LogP contribution in [0.15, 0.2) is 24.5 Å². The van der Waals surface area contributed by atoms with Crippen LogP contribution in [0.5, 0.6) is 11.6 Å². The second-order valence-corrected chi connectivity index (χ2v) is 7.16. The zero-order chi connectivity index (χ0) is 22.3. The summed E-state index contributed by atoms with van der Waals surface area (Å²) in [6.45, 7) is 0. The lowest BCUT2D eigenvalue weighted by Gasteiger charge is -2.28. The molecule has 0 spiro atoms. The summed E-state index contributed by atoms with van der Waals surface area (Å²) in [5, 5.41) is 13.0. The Labute approximate surface area is 174 Å². The number of nitrogen functional groups attached to an aromatic ring is 1. The maximum Gasteiger partial charge on any atom is 0.434 e. The number of ether oxygens (including phenoxy) is 1. The Morgan fingerprint density at radius 3 is 2.52 bits per heavy atom. The third-order valence-corrected chi connectivity index (χ3v) is 5.21. The van der Waals surface area contributed by atoms with Crippen LogP contribution in [-0.4, -0.2) is 19.7 Å². The topological polar surface area (TPSA) is 103 Å². The molecule has 0 bridgehead atoms. The molecular formula is C20H16F4N6O. The van der Waals surface area contributed by atoms with Crippen LogP contribution in [0, 0.1) is 17.1 Å². The number of alkyl halides is 3. The third-order valence-electron chi connectivity index (χ3n) is 5.21. The van der Waals surface area contributed by atoms with E-state index in [-0.39, 0.29) is 28.7 Å². The van der Waals surface area contributed by atoms with Crippen LogP contribution in [0.3, 0.4) is 0 Å². The first-order valence-electron chi connectivity index (χ1n) is 9.33. The standard InChI is InChI=1S/C20H16F4N6O/c1-30-18(20(22,23)24)13(7-25)19(29-30)31-17-11(10-3-2-4-10)5-6-12(16(17)21)14-8-28-15(26)9-27-14/h5-6,8-10H,2-4H2,1H3,(H2,26,28). The number of hydrogen-bond acceptors (Lipinski definition) is 6. The van der Waals surface area contributed by atoms with Crippen molar-refractivity contribution < 1.29 is 22.3 Å². The maximum absolute atomic E-state index is 15.5. The molecule has 2 N–H and O–H groups in total. The highest BCUT2D eigenvalue weighted by atomic mass is 19.4. The van der Waals surface area contributed by atoms with E-state index in [0.29, 0.717) is 10.2 Å². The van der Waals surface area contributed by atoms with E-state index in [2.05, 4.69) is 15.1 Å². The first-order valence-corrected chi connectivity index (χ1v) is 9.33. The number of rotatable bonds is 4. The SMILES string of the molecule is Cn1nc(Oc2c(C3CCC3)ccc(-c3cnc(N)cn3)c2F)c(C#N)c1C(F)(F)F. The Balaban J connectivity index is 1.85. The van der Waals surface area contributed by atoms with Crippen LogP contribution in [0.1, 0.15) is 42.0 Å². The van der Waals surface area contributed by atoms with E-state index in [1.54, 1.807) is 6.07 Å². The summed E-state index contributed by atoms with van der Waals surface area (Å²) in [7, 11) is 1.04. The molecule has 31 heavy (non-hydrogen) atoms. The van der Waals surface area contributed by atoms with E-state index in [1.165, 1.54) is 24.5 Å². The molecule has 1 aliphatic carbocycles. The lowest BCUT2D eigenvalue weighted by Crippen LogP contribution is -2.13. The van der Waals surface area contributed by atoms with Gasteiger partial charge in [-0.2, -0.15) is 18.4 Å². The van der Waals surface area contributed by atoms with E-state index >= 15 is 4.39 Å². The average Bonchev–Trinajstić information content (AvgIpc) is 2.99. The first-order chi connectivity index (χ1) is 14.7. The van der Waals surface area contributed by atoms with Crippen molar-refractivity contribution >= 4 is 5.82 Å². The van der Waals surface area contributed by atoms with E-state index in [1.807, 2.05) is 0 Å². The molecule has 7 nitrogen and oxygen atoms in total. The normalized spacial score (nSPS) is 14.2. The Bertz CT molecular complexity index is 1180. The molecule has 2 heterocycles. The van der Waals surface area contributed by atoms with Gasteiger partial charge >= 0.3 is 6.18 Å². The van der Waals surface area contributed by atoms with E-state index in [4.69, 9.17) is 10.5 Å². The van der Waals surface area contributed by atoms with Crippen LogP contribution in [0.25, 0.3) is 11.3 Å². The molecule has 1 aromatic carbocycles. The highest BCUT2D eigenvalue weighted by Gasteiger charge is 2.40. The highest BCUT2D eigenvalue weighted by molar-refractivity contribution is 5.64. The van der Waals surface area contributed by atoms with Crippen molar-refractivity contribution in [2.24, 2.45) is 7.05 Å². The second-order valence-electron chi connectivity index (χ2n) is 7.16. The van der Waals surface area contributed by atoms with Gasteiger partial charge in [-0.15, -0.1) is 5.10 Å². The number of nitriles is 1. The monoisotopic (exact) mass is 432 g/mol. The molecule has 0 amide bonds. The number of aromatic nitrogens is 4. The van der Waals surface area contributed by atoms with Crippen molar-refractivity contribution in [3.05, 3.63) is 47.2 Å². The Morgan fingerprint density at radius 2 is 1.97 bits per heavy atom. The van der Waals surface area contributed by atoms with Gasteiger partial charge in [0.15, 0.2) is 17.3 Å². The molecule has 160 valence electrons. The minimum atomic E-state index is -4.83. The molecule has 0 radical (unpaired) electrons. The van der Waals surface area contributed by atoms with Crippen LogP contribution in [0.4, 0.5) is 23.4 Å². The summed E-state index contributed by atoms with van der Waals surface area (Å²) in [5.41, 5.74) is 4.15. The number of benzene rings is 1. The molecule has 11 heteroatoms. The van der Waals surface area contributed by atoms with Crippen molar-refractivity contribution in [2.45, 2.75) is 31.4 Å². The second kappa shape index (κ2) is 7.54. The minimum Gasteiger partial charge on any atom is -0.433 e. The largest absolute Gasteiger partial charge is 0.434 e. The van der Waals surface area contributed by atoms with E-state index in [9.17, 15) is 18.4 Å². The van der Waals surface area contributed by atoms with Gasteiger partial charge in [0.05, 0.1) is 18.1 Å². The van der Waals surface area contributed by atoms with Gasteiger partial charge in [0, 0.05) is 18.2 Å². The van der Waals surface area contributed by atoms with Crippen LogP contribution in [0.2, 0.25) is 0 Å². The molecule has 2 aromatic heterocycles. The number of nitrogens with two attached hydrogens (primary N) is 1. The lowest BCUT2D eigenvalue weighted by molar-refractivity contribution is -0.143. The van der Waals surface area contributed by atoms with Crippen molar-refractivity contribution in [2.75, 3.05) is 5.73 Å². The fourth-order valence-electron chi connectivity index (χ4n) is 3.48. The summed E-state index contributed by atoms with van der Waals surface area (Å²) >= 11 is 0. The smallest absolute Gasteiger partial charge is 0.433 e. The van der Waals surface area contributed by atoms with Crippen LogP contribution >= 0.6 is 0 Å². The number of nitrogens with zero attached hydrogens (tertiary/aromatic N) is 5. The van der Waals surface area contributed by atoms with E-state index in [0.717, 1.165) is 26.3 Å². The molecule has 1 aliphatic rings. The zero-order valence-electron chi connectivity index (χ0n) is 16.2. The fourth-order valence-corrected chi connectivity index (χ4v) is 3.48. The molecule has 0 aliphatic heterocycles. The first kappa shape index (κ1) is 20.6. The Kier molecular flexibility index (Phi) is 5.00. The lowest BCUT2D eigenvalue weighted by atomic mass is 9.79. The zero-order valence-corrected chi connectivity index (χ0v) is 16.2. The third kappa shape index (κ3) is 3.65. The molecule has 3 aromatic rings. The molecular weight excluding hydrogens is 416 g/mol. The summed E-state index contributed by atoms with van der Waals surface area (Å²) in [6, 6.07) is 4.64. The van der Waals surface area contributed by atoms with Gasteiger partial charge < -0.3 is 10.5 Å². The summed E-state index contributed by atoms with van der Waals surface area (Å²) in [6.07, 6.45) is 0.240. The van der Waals surface area contributed by atoms with Gasteiger partial charge in [0.2, 0.25) is 0 Å². The quantitative estimate of drug-likeness (QED) is 0.607. The van der Waals surface area contributed by atoms with Crippen molar-refractivity contribution in [1.29, 1.82) is 5.26 Å². The molecule has 1 saturated carbocycles. The average molecular weight is 432 g/mol. The molecule has 0 saturated heterocycles. The number of hydrogen-bond donors (Lipinski definition) is 1. The number of aryl methyl sites for hydroxylation is 1. The molecule has 1 fully saturated rings. The molecule has 0 unspecified atom stereocenters. The summed E-state index contributed by atoms with van der Waals surface area (Å²) in [4.78, 5) is 7.94. The summed E-state index contributed by atoms with van der Waals surface area (Å²) < 4.78 is 61.7. The van der Waals surface area contributed by atoms with Crippen LogP contribution < -0.4 is 10.5 Å².